The van der Waals surface area contributed by atoms with Gasteiger partial charge in [0.1, 0.15) is 26.4 Å². The fraction of sp³-hybridized carbons (Fsp3) is 0.208. The number of esters is 2. The molecule has 0 N–H and O–H groups in total. The molecule has 0 spiro atoms. The molecule has 0 radical (unpaired) electrons. The Morgan fingerprint density at radius 1 is 0.383 bits per heavy atom. The lowest BCUT2D eigenvalue weighted by Crippen LogP contribution is -2.15. The Hall–Kier alpha value is -7.02. The van der Waals surface area contributed by atoms with Crippen LogP contribution in [-0.4, -0.2) is 54.0 Å². The zero-order valence-corrected chi connectivity index (χ0v) is 33.8. The Balaban J connectivity index is 1.72. The Bertz CT molecular complexity index is 2140. The van der Waals surface area contributed by atoms with Gasteiger partial charge >= 0.3 is 11.9 Å². The summed E-state index contributed by atoms with van der Waals surface area (Å²) < 4.78 is 60.3. The molecule has 60 heavy (non-hydrogen) atoms. The van der Waals surface area contributed by atoms with Gasteiger partial charge in [0.2, 0.25) is 11.5 Å². The van der Waals surface area contributed by atoms with E-state index >= 15 is 0 Å². The molecule has 0 aliphatic heterocycles. The topological polar surface area (TPSA) is 126 Å². The van der Waals surface area contributed by atoms with E-state index in [0.717, 1.165) is 22.3 Å². The molecular formula is C48H46O12. The number of ether oxygens (including phenoxy) is 10. The van der Waals surface area contributed by atoms with E-state index in [0.29, 0.717) is 0 Å². The van der Waals surface area contributed by atoms with E-state index in [-0.39, 0.29) is 96.8 Å². The first-order valence-electron chi connectivity index (χ1n) is 18.9. The van der Waals surface area contributed by atoms with Crippen molar-refractivity contribution in [3.63, 3.8) is 0 Å². The summed E-state index contributed by atoms with van der Waals surface area (Å²) in [5, 5.41) is 0. The summed E-state index contributed by atoms with van der Waals surface area (Å²) in [4.78, 5) is 28.3. The molecule has 0 aliphatic rings. The maximum absolute atomic E-state index is 14.2. The fourth-order valence-electron chi connectivity index (χ4n) is 6.20. The van der Waals surface area contributed by atoms with E-state index in [9.17, 15) is 9.59 Å². The molecule has 0 aromatic heterocycles. The molecule has 310 valence electrons. The third-order valence-electron chi connectivity index (χ3n) is 9.03. The van der Waals surface area contributed by atoms with Gasteiger partial charge < -0.3 is 47.4 Å². The average Bonchev–Trinajstić information content (AvgIpc) is 3.30. The van der Waals surface area contributed by atoms with Gasteiger partial charge in [0.25, 0.3) is 0 Å². The van der Waals surface area contributed by atoms with Crippen LogP contribution in [0, 0.1) is 0 Å². The summed E-state index contributed by atoms with van der Waals surface area (Å²) in [6.07, 6.45) is 0. The second-order valence-electron chi connectivity index (χ2n) is 13.1. The van der Waals surface area contributed by atoms with Gasteiger partial charge in [-0.3, -0.25) is 0 Å². The molecule has 0 unspecified atom stereocenters. The molecule has 0 heterocycles. The summed E-state index contributed by atoms with van der Waals surface area (Å²) in [7, 11) is 5.43. The lowest BCUT2D eigenvalue weighted by molar-refractivity contribution is 0.0471. The van der Waals surface area contributed by atoms with Crippen molar-refractivity contribution >= 4 is 11.9 Å². The Kier molecular flexibility index (Phi) is 15.4. The first-order chi connectivity index (χ1) is 29.4. The summed E-state index contributed by atoms with van der Waals surface area (Å²) in [5.74, 6) is -1.11. The number of methoxy groups -OCH3 is 4. The van der Waals surface area contributed by atoms with Crippen LogP contribution < -0.4 is 28.4 Å². The number of hydrogen-bond acceptors (Lipinski definition) is 12. The molecule has 0 saturated carbocycles. The third-order valence-corrected chi connectivity index (χ3v) is 9.03. The predicted molar refractivity (Wildman–Crippen MR) is 223 cm³/mol. The number of hydrogen-bond donors (Lipinski definition) is 0. The second-order valence-corrected chi connectivity index (χ2v) is 13.1. The van der Waals surface area contributed by atoms with Gasteiger partial charge in [0.05, 0.1) is 25.3 Å². The quantitative estimate of drug-likeness (QED) is 0.0508. The van der Waals surface area contributed by atoms with E-state index < -0.39 is 11.9 Å². The van der Waals surface area contributed by atoms with Crippen LogP contribution >= 0.6 is 0 Å². The van der Waals surface area contributed by atoms with Crippen LogP contribution in [0.15, 0.2) is 133 Å². The number of carbonyl (C=O) groups excluding carboxylic acids is 2. The standard InChI is InChI=1S/C48H46O12/c1-51-31-59-39-25-37(47(49)53-3)41(45(57-29-35-21-13-7-14-22-35)43(39)55-27-33-17-9-5-10-18-33)42-38(48(50)54-4)26-40(60-32-52-2)44(56-28-34-19-11-6-12-20-34)46(42)58-30-36-23-15-8-16-24-36/h5-26H,27-32H2,1-4H3. The minimum absolute atomic E-state index is 0.00401. The summed E-state index contributed by atoms with van der Waals surface area (Å²) in [6, 6.07) is 40.8. The van der Waals surface area contributed by atoms with Crippen LogP contribution in [0.3, 0.4) is 0 Å². The largest absolute Gasteiger partial charge is 0.484 e. The van der Waals surface area contributed by atoms with E-state index in [1.165, 1.54) is 40.6 Å². The van der Waals surface area contributed by atoms with Crippen molar-refractivity contribution in [2.45, 2.75) is 26.4 Å². The molecule has 12 heteroatoms. The minimum Gasteiger partial charge on any atom is -0.484 e. The molecule has 0 bridgehead atoms. The second kappa shape index (κ2) is 21.7. The maximum Gasteiger partial charge on any atom is 0.338 e. The molecule has 6 rings (SSSR count). The normalized spacial score (nSPS) is 10.7. The van der Waals surface area contributed by atoms with Gasteiger partial charge in [-0.15, -0.1) is 0 Å². The van der Waals surface area contributed by atoms with Crippen LogP contribution in [0.2, 0.25) is 0 Å². The molecule has 12 nitrogen and oxygen atoms in total. The molecule has 0 saturated heterocycles. The van der Waals surface area contributed by atoms with E-state index in [1.54, 1.807) is 0 Å². The molecule has 0 aliphatic carbocycles. The van der Waals surface area contributed by atoms with Gasteiger partial charge in [-0.05, 0) is 34.4 Å². The van der Waals surface area contributed by atoms with Gasteiger partial charge in [-0.1, -0.05) is 121 Å². The maximum atomic E-state index is 14.2. The van der Waals surface area contributed by atoms with Gasteiger partial charge in [-0.25, -0.2) is 9.59 Å². The van der Waals surface area contributed by atoms with Crippen LogP contribution in [0.5, 0.6) is 34.5 Å². The van der Waals surface area contributed by atoms with E-state index in [2.05, 4.69) is 0 Å². The number of rotatable bonds is 21. The SMILES string of the molecule is COCOc1cc(C(=O)OC)c(-c2c(C(=O)OC)cc(OCOC)c(OCc3ccccc3)c2OCc2ccccc2)c(OCc2ccccc2)c1OCc1ccccc1. The number of carbonyl (C=O) groups is 2. The van der Waals surface area contributed by atoms with Crippen molar-refractivity contribution in [1.82, 2.24) is 0 Å². The Morgan fingerprint density at radius 3 is 0.933 bits per heavy atom. The van der Waals surface area contributed by atoms with E-state index in [1.807, 2.05) is 121 Å². The Morgan fingerprint density at radius 2 is 0.667 bits per heavy atom. The molecule has 0 amide bonds. The molecular weight excluding hydrogens is 769 g/mol. The summed E-state index contributed by atoms with van der Waals surface area (Å²) in [6.45, 7) is -0.268. The lowest BCUT2D eigenvalue weighted by Gasteiger charge is -2.26. The van der Waals surface area contributed by atoms with Crippen molar-refractivity contribution in [1.29, 1.82) is 0 Å². The van der Waals surface area contributed by atoms with Crippen molar-refractivity contribution in [2.24, 2.45) is 0 Å². The summed E-state index contributed by atoms with van der Waals surface area (Å²) >= 11 is 0. The van der Waals surface area contributed by atoms with Crippen molar-refractivity contribution in [3.05, 3.63) is 167 Å². The first kappa shape index (κ1) is 42.6. The minimum atomic E-state index is -0.789. The average molecular weight is 815 g/mol. The monoisotopic (exact) mass is 814 g/mol. The fourth-order valence-corrected chi connectivity index (χ4v) is 6.20. The third kappa shape index (κ3) is 10.7. The highest BCUT2D eigenvalue weighted by molar-refractivity contribution is 6.08. The van der Waals surface area contributed by atoms with Crippen LogP contribution in [0.1, 0.15) is 43.0 Å². The van der Waals surface area contributed by atoms with Crippen LogP contribution in [-0.2, 0) is 45.4 Å². The highest BCUT2D eigenvalue weighted by Gasteiger charge is 2.35. The zero-order valence-electron chi connectivity index (χ0n) is 33.8. The van der Waals surface area contributed by atoms with Crippen molar-refractivity contribution in [2.75, 3.05) is 42.0 Å². The van der Waals surface area contributed by atoms with E-state index in [4.69, 9.17) is 47.4 Å². The lowest BCUT2D eigenvalue weighted by atomic mass is 9.91. The first-order valence-corrected chi connectivity index (χ1v) is 18.9. The van der Waals surface area contributed by atoms with Gasteiger partial charge in [0.15, 0.2) is 36.6 Å². The van der Waals surface area contributed by atoms with Crippen molar-refractivity contribution < 1.29 is 57.0 Å². The molecule has 0 fully saturated rings. The van der Waals surface area contributed by atoms with Gasteiger partial charge in [0, 0.05) is 25.3 Å². The zero-order chi connectivity index (χ0) is 42.1. The van der Waals surface area contributed by atoms with Crippen LogP contribution in [0.25, 0.3) is 11.1 Å². The highest BCUT2D eigenvalue weighted by Crippen LogP contribution is 2.55. The Labute approximate surface area is 349 Å². The highest BCUT2D eigenvalue weighted by atomic mass is 16.7. The molecule has 6 aromatic rings. The number of benzene rings is 6. The van der Waals surface area contributed by atoms with Crippen molar-refractivity contribution in [3.8, 4) is 45.6 Å². The molecule has 0 atom stereocenters. The predicted octanol–water partition coefficient (Wildman–Crippen LogP) is 9.21. The molecule has 6 aromatic carbocycles. The smallest absolute Gasteiger partial charge is 0.338 e. The van der Waals surface area contributed by atoms with Gasteiger partial charge in [-0.2, -0.15) is 0 Å². The summed E-state index contributed by atoms with van der Waals surface area (Å²) in [5.41, 5.74) is 3.27. The van der Waals surface area contributed by atoms with Crippen LogP contribution in [0.4, 0.5) is 0 Å².